The number of ether oxygens (including phenoxy) is 2. The van der Waals surface area contributed by atoms with E-state index in [-0.39, 0.29) is 11.9 Å². The van der Waals surface area contributed by atoms with Gasteiger partial charge in [-0.2, -0.15) is 0 Å². The first-order valence-corrected chi connectivity index (χ1v) is 9.12. The number of carbonyl (C=O) groups excluding carboxylic acids is 1. The van der Waals surface area contributed by atoms with Crippen molar-refractivity contribution >= 4 is 16.9 Å². The number of hydrogen-bond acceptors (Lipinski definition) is 4. The third-order valence-electron chi connectivity index (χ3n) is 4.37. The van der Waals surface area contributed by atoms with Gasteiger partial charge < -0.3 is 19.2 Å². The third kappa shape index (κ3) is 4.61. The van der Waals surface area contributed by atoms with Crippen LogP contribution in [-0.4, -0.2) is 12.5 Å². The highest BCUT2D eigenvalue weighted by atomic mass is 16.5. The van der Waals surface area contributed by atoms with Crippen molar-refractivity contribution < 1.29 is 18.7 Å². The molecule has 0 aliphatic rings. The third-order valence-corrected chi connectivity index (χ3v) is 4.37. The monoisotopic (exact) mass is 367 g/mol. The Morgan fingerprint density at radius 1 is 1.11 bits per heavy atom. The summed E-state index contributed by atoms with van der Waals surface area (Å²) in [5.74, 6) is 2.28. The van der Waals surface area contributed by atoms with Crippen LogP contribution in [0.4, 0.5) is 0 Å². The van der Waals surface area contributed by atoms with Gasteiger partial charge in [-0.1, -0.05) is 6.07 Å². The molecule has 0 saturated carbocycles. The number of rotatable bonds is 7. The Bertz CT molecular complexity index is 945. The molecule has 3 rings (SSSR count). The summed E-state index contributed by atoms with van der Waals surface area (Å²) in [6.45, 7) is 8.55. The molecule has 1 aromatic heterocycles. The van der Waals surface area contributed by atoms with Gasteiger partial charge >= 0.3 is 0 Å². The SMILES string of the molecule is CCOc1ccc(COc2ccc3oc(C(C)NC(C)=O)cc3c2)c(C)c1. The molecule has 1 amide bonds. The molecule has 0 radical (unpaired) electrons. The first-order chi connectivity index (χ1) is 13.0. The van der Waals surface area contributed by atoms with Crippen LogP contribution < -0.4 is 14.8 Å². The van der Waals surface area contributed by atoms with Crippen molar-refractivity contribution in [1.29, 1.82) is 0 Å². The van der Waals surface area contributed by atoms with Gasteiger partial charge in [-0.25, -0.2) is 0 Å². The summed E-state index contributed by atoms with van der Waals surface area (Å²) in [7, 11) is 0. The van der Waals surface area contributed by atoms with Crippen molar-refractivity contribution in [2.24, 2.45) is 0 Å². The summed E-state index contributed by atoms with van der Waals surface area (Å²) in [6, 6.07) is 13.5. The molecule has 0 fully saturated rings. The first-order valence-electron chi connectivity index (χ1n) is 9.12. The zero-order valence-electron chi connectivity index (χ0n) is 16.2. The van der Waals surface area contributed by atoms with Gasteiger partial charge in [0.1, 0.15) is 29.4 Å². The average Bonchev–Trinajstić information content (AvgIpc) is 3.04. The summed E-state index contributed by atoms with van der Waals surface area (Å²) in [4.78, 5) is 11.2. The van der Waals surface area contributed by atoms with Crippen molar-refractivity contribution in [2.75, 3.05) is 6.61 Å². The Morgan fingerprint density at radius 2 is 1.85 bits per heavy atom. The van der Waals surface area contributed by atoms with Crippen LogP contribution in [-0.2, 0) is 11.4 Å². The number of fused-ring (bicyclic) bond motifs is 1. The van der Waals surface area contributed by atoms with Crippen LogP contribution in [0.2, 0.25) is 0 Å². The van der Waals surface area contributed by atoms with Gasteiger partial charge in [0, 0.05) is 12.3 Å². The van der Waals surface area contributed by atoms with Gasteiger partial charge in [0.25, 0.3) is 0 Å². The fourth-order valence-corrected chi connectivity index (χ4v) is 2.97. The van der Waals surface area contributed by atoms with Crippen LogP contribution in [0.3, 0.4) is 0 Å². The van der Waals surface area contributed by atoms with E-state index in [0.717, 1.165) is 39.4 Å². The van der Waals surface area contributed by atoms with Crippen LogP contribution in [0.15, 0.2) is 46.9 Å². The number of furan rings is 1. The van der Waals surface area contributed by atoms with Gasteiger partial charge in [-0.15, -0.1) is 0 Å². The normalized spacial score (nSPS) is 12.0. The molecule has 1 N–H and O–H groups in total. The molecule has 0 saturated heterocycles. The molecular weight excluding hydrogens is 342 g/mol. The molecule has 0 aliphatic carbocycles. The highest BCUT2D eigenvalue weighted by molar-refractivity contribution is 5.80. The maximum Gasteiger partial charge on any atom is 0.217 e. The summed E-state index contributed by atoms with van der Waals surface area (Å²) in [5, 5.41) is 3.77. The summed E-state index contributed by atoms with van der Waals surface area (Å²) in [5.41, 5.74) is 3.02. The largest absolute Gasteiger partial charge is 0.494 e. The fourth-order valence-electron chi connectivity index (χ4n) is 2.97. The van der Waals surface area contributed by atoms with E-state index in [1.807, 2.05) is 56.3 Å². The molecule has 3 aromatic rings. The summed E-state index contributed by atoms with van der Waals surface area (Å²) in [6.07, 6.45) is 0. The van der Waals surface area contributed by atoms with Crippen LogP contribution in [0.5, 0.6) is 11.5 Å². The highest BCUT2D eigenvalue weighted by Gasteiger charge is 2.13. The van der Waals surface area contributed by atoms with E-state index >= 15 is 0 Å². The second-order valence-corrected chi connectivity index (χ2v) is 6.58. The number of aryl methyl sites for hydroxylation is 1. The second-order valence-electron chi connectivity index (χ2n) is 6.58. The molecular formula is C22H25NO4. The van der Waals surface area contributed by atoms with Gasteiger partial charge in [0.15, 0.2) is 0 Å². The van der Waals surface area contributed by atoms with Gasteiger partial charge in [-0.05, 0) is 68.3 Å². The summed E-state index contributed by atoms with van der Waals surface area (Å²) < 4.78 is 17.3. The average molecular weight is 367 g/mol. The molecule has 0 spiro atoms. The maximum atomic E-state index is 11.2. The Kier molecular flexibility index (Phi) is 5.69. The quantitative estimate of drug-likeness (QED) is 0.644. The number of benzene rings is 2. The Balaban J connectivity index is 1.71. The van der Waals surface area contributed by atoms with Crippen molar-refractivity contribution in [2.45, 2.75) is 40.3 Å². The predicted octanol–water partition coefficient (Wildman–Crippen LogP) is 4.92. The van der Waals surface area contributed by atoms with Gasteiger partial charge in [0.05, 0.1) is 12.6 Å². The predicted molar refractivity (Wildman–Crippen MR) is 105 cm³/mol. The molecule has 1 atom stereocenters. The number of hydrogen-bond donors (Lipinski definition) is 1. The van der Waals surface area contributed by atoms with Crippen LogP contribution in [0.1, 0.15) is 43.7 Å². The van der Waals surface area contributed by atoms with E-state index in [1.165, 1.54) is 6.92 Å². The highest BCUT2D eigenvalue weighted by Crippen LogP contribution is 2.28. The molecule has 1 heterocycles. The zero-order chi connectivity index (χ0) is 19.4. The van der Waals surface area contributed by atoms with Crippen molar-refractivity contribution in [3.63, 3.8) is 0 Å². The Labute approximate surface area is 159 Å². The van der Waals surface area contributed by atoms with Crippen LogP contribution in [0, 0.1) is 6.92 Å². The molecule has 5 heteroatoms. The lowest BCUT2D eigenvalue weighted by Crippen LogP contribution is -2.23. The second kappa shape index (κ2) is 8.16. The fraction of sp³-hybridized carbons (Fsp3) is 0.318. The molecule has 5 nitrogen and oxygen atoms in total. The van der Waals surface area contributed by atoms with E-state index < -0.39 is 0 Å². The lowest BCUT2D eigenvalue weighted by molar-refractivity contribution is -0.119. The minimum absolute atomic E-state index is 0.0855. The summed E-state index contributed by atoms with van der Waals surface area (Å²) >= 11 is 0. The topological polar surface area (TPSA) is 60.7 Å². The van der Waals surface area contributed by atoms with E-state index in [2.05, 4.69) is 12.2 Å². The number of amides is 1. The minimum Gasteiger partial charge on any atom is -0.494 e. The number of carbonyl (C=O) groups is 1. The Hall–Kier alpha value is -2.95. The van der Waals surface area contributed by atoms with E-state index in [9.17, 15) is 4.79 Å². The molecule has 0 bridgehead atoms. The molecule has 2 aromatic carbocycles. The molecule has 1 unspecified atom stereocenters. The van der Waals surface area contributed by atoms with Gasteiger partial charge in [0.2, 0.25) is 5.91 Å². The standard InChI is InChI=1S/C22H25NO4/c1-5-25-19-7-6-17(14(2)10-19)13-26-20-8-9-21-18(11-20)12-22(27-21)15(3)23-16(4)24/h6-12,15H,5,13H2,1-4H3,(H,23,24). The molecule has 0 aliphatic heterocycles. The Morgan fingerprint density at radius 3 is 2.56 bits per heavy atom. The van der Waals surface area contributed by atoms with Crippen molar-refractivity contribution in [3.8, 4) is 11.5 Å². The van der Waals surface area contributed by atoms with Crippen LogP contribution in [0.25, 0.3) is 11.0 Å². The molecule has 27 heavy (non-hydrogen) atoms. The maximum absolute atomic E-state index is 11.2. The minimum atomic E-state index is -0.175. The van der Waals surface area contributed by atoms with Gasteiger partial charge in [-0.3, -0.25) is 4.79 Å². The number of nitrogens with one attached hydrogen (secondary N) is 1. The van der Waals surface area contributed by atoms with E-state index in [1.54, 1.807) is 0 Å². The molecule has 142 valence electrons. The smallest absolute Gasteiger partial charge is 0.217 e. The van der Waals surface area contributed by atoms with E-state index in [4.69, 9.17) is 13.9 Å². The van der Waals surface area contributed by atoms with E-state index in [0.29, 0.717) is 13.2 Å². The lowest BCUT2D eigenvalue weighted by atomic mass is 10.1. The van der Waals surface area contributed by atoms with Crippen molar-refractivity contribution in [1.82, 2.24) is 5.32 Å². The van der Waals surface area contributed by atoms with Crippen molar-refractivity contribution in [3.05, 3.63) is 59.4 Å². The lowest BCUT2D eigenvalue weighted by Gasteiger charge is -2.11. The van der Waals surface area contributed by atoms with Crippen LogP contribution >= 0.6 is 0 Å². The first kappa shape index (κ1) is 18.8. The zero-order valence-corrected chi connectivity index (χ0v) is 16.2.